The molecule has 2 aliphatic rings. The maximum atomic E-state index is 13.6. The Labute approximate surface area is 675 Å². The third-order valence-electron chi connectivity index (χ3n) is 21.1. The first-order valence-electron chi connectivity index (χ1n) is 37.7. The lowest BCUT2D eigenvalue weighted by Crippen LogP contribution is -2.02. The van der Waals surface area contributed by atoms with Crippen LogP contribution in [0.5, 0.6) is 69.0 Å². The Hall–Kier alpha value is -16.8. The Morgan fingerprint density at radius 2 is 0.450 bits per heavy atom. The Morgan fingerprint density at radius 3 is 0.733 bits per heavy atom. The van der Waals surface area contributed by atoms with Crippen LogP contribution in [-0.4, -0.2) is 68.3 Å². The molecule has 0 spiro atoms. The van der Waals surface area contributed by atoms with Gasteiger partial charge in [0.25, 0.3) is 0 Å². The molecule has 9 heterocycles. The lowest BCUT2D eigenvalue weighted by molar-refractivity contribution is 0.414. The van der Waals surface area contributed by atoms with Crippen molar-refractivity contribution in [2.75, 3.05) is 28.4 Å². The van der Waals surface area contributed by atoms with E-state index < -0.39 is 22.5 Å². The fourth-order valence-electron chi connectivity index (χ4n) is 15.0. The standard InChI is InChI=1S/C96H58N8O16/c1-109-57-17-5-49(6-18-57)73-37-53-13-25-65(45-81(53)117-93(73)105)113-61-29-33-69-77(41-61)89-97-85(69)102-90-79-43-63(115-67-27-15-55-39-75(95(107)119-83(55)47-67)51-9-21-59(111-3)22-10-51)31-35-71(79)87(99-90)104-92-80-44-64(116-68-28-16-56-40-76(96(108)120-84(56)48-68)52-11-23-60(112-4)24-12-52)32-36-72(80)88(100-92)103-91-78-42-62(30-34-70(78)86(98-91)101-89)114-66-26-14-54-38-74(94(106)118-82(54)46-66)50-7-19-58(110-2)20-8-50/h5-48H,1-4H3,(H2,97,98,99,100,101,102,103,104). The Morgan fingerprint density at radius 1 is 0.217 bits per heavy atom. The molecule has 0 saturated heterocycles. The fourth-order valence-corrected chi connectivity index (χ4v) is 15.0. The molecule has 120 heavy (non-hydrogen) atoms. The van der Waals surface area contributed by atoms with Crippen LogP contribution in [0.15, 0.2) is 304 Å². The molecule has 578 valence electrons. The van der Waals surface area contributed by atoms with Gasteiger partial charge in [0, 0.05) is 89.6 Å². The number of aromatic amines is 2. The second-order valence-electron chi connectivity index (χ2n) is 28.4. The molecule has 24 heteroatoms. The Kier molecular flexibility index (Phi) is 17.0. The lowest BCUT2D eigenvalue weighted by atomic mass is 10.1. The van der Waals surface area contributed by atoms with Gasteiger partial charge in [-0.25, -0.2) is 49.1 Å². The molecule has 0 radical (unpaired) electrons. The van der Waals surface area contributed by atoms with E-state index in [1.165, 1.54) is 0 Å². The number of H-pyrrole nitrogens is 2. The van der Waals surface area contributed by atoms with Crippen molar-refractivity contribution in [2.24, 2.45) is 0 Å². The van der Waals surface area contributed by atoms with Crippen LogP contribution in [0.2, 0.25) is 0 Å². The molecular formula is C96H58N8O16. The Balaban J connectivity index is 0.714. The van der Waals surface area contributed by atoms with Gasteiger partial charge in [0.1, 0.15) is 114 Å². The molecule has 7 aromatic heterocycles. The topological polar surface area (TPSA) is 304 Å². The van der Waals surface area contributed by atoms with Crippen molar-refractivity contribution in [3.8, 4) is 159 Å². The number of fused-ring (bicyclic) bond motifs is 24. The van der Waals surface area contributed by atoms with Gasteiger partial charge in [0.05, 0.1) is 50.7 Å². The molecule has 0 fully saturated rings. The number of hydrogen-bond donors (Lipinski definition) is 2. The maximum absolute atomic E-state index is 13.6. The van der Waals surface area contributed by atoms with Crippen LogP contribution in [0.25, 0.3) is 178 Å². The number of hydrogen-bond acceptors (Lipinski definition) is 22. The molecular weight excluding hydrogens is 1520 g/mol. The second-order valence-corrected chi connectivity index (χ2v) is 28.4. The van der Waals surface area contributed by atoms with Gasteiger partial charge in [0.2, 0.25) is 0 Å². The van der Waals surface area contributed by atoms with Crippen molar-refractivity contribution in [1.29, 1.82) is 0 Å². The second kappa shape index (κ2) is 28.7. The molecule has 24 nitrogen and oxygen atoms in total. The van der Waals surface area contributed by atoms with Crippen LogP contribution in [-0.2, 0) is 0 Å². The van der Waals surface area contributed by atoms with Crippen molar-refractivity contribution < 1.29 is 55.6 Å². The third kappa shape index (κ3) is 13.0. The molecule has 0 atom stereocenters. The van der Waals surface area contributed by atoms with E-state index in [1.54, 1.807) is 223 Å². The van der Waals surface area contributed by atoms with Gasteiger partial charge in [-0.3, -0.25) is 0 Å². The van der Waals surface area contributed by atoms with E-state index in [9.17, 15) is 19.2 Å². The number of aromatic nitrogens is 8. The van der Waals surface area contributed by atoms with Crippen LogP contribution in [0.4, 0.5) is 0 Å². The lowest BCUT2D eigenvalue weighted by Gasteiger charge is -2.09. The number of ether oxygens (including phenoxy) is 8. The van der Waals surface area contributed by atoms with E-state index in [-0.39, 0.29) is 23.3 Å². The van der Waals surface area contributed by atoms with E-state index in [0.29, 0.717) is 224 Å². The summed E-state index contributed by atoms with van der Waals surface area (Å²) in [7, 11) is 6.32. The van der Waals surface area contributed by atoms with Crippen molar-refractivity contribution in [3.05, 3.63) is 309 Å². The summed E-state index contributed by atoms with van der Waals surface area (Å²) in [5.74, 6) is 6.70. The number of nitrogens with one attached hydrogen (secondary N) is 2. The number of methoxy groups -OCH3 is 4. The molecule has 21 rings (SSSR count). The summed E-state index contributed by atoms with van der Waals surface area (Å²) in [6.07, 6.45) is 0. The summed E-state index contributed by atoms with van der Waals surface area (Å²) >= 11 is 0. The average Bonchev–Trinajstić information content (AvgIpc) is 1.60. The predicted molar refractivity (Wildman–Crippen MR) is 454 cm³/mol. The first-order chi connectivity index (χ1) is 58.7. The highest BCUT2D eigenvalue weighted by Gasteiger charge is 2.26. The van der Waals surface area contributed by atoms with Crippen molar-refractivity contribution in [2.45, 2.75) is 0 Å². The number of rotatable bonds is 16. The first-order valence-corrected chi connectivity index (χ1v) is 37.7. The SMILES string of the molecule is COc1ccc(-c2cc3ccc(Oc4ccc5c(c4)-c4nc-5nc5[nH]c(nc6nc(nc7[nH]c(n4)c4ccc(Oc8ccc9cc(-c%10ccc(OC)cc%10)c(=O)oc9c8)cc74)-c4ccc(Oc7ccc8cc(-c9ccc(OC)cc9)c(=O)oc8c7)cc4-6)c4ccc(Oc6ccc7cc(-c8ccc(OC)cc8)c(=O)oc7c6)cc54)cc3oc2=O)cc1. The van der Waals surface area contributed by atoms with Gasteiger partial charge in [-0.15, -0.1) is 0 Å². The smallest absolute Gasteiger partial charge is 0.344 e. The van der Waals surface area contributed by atoms with Gasteiger partial charge in [-0.05, 0) is 216 Å². The zero-order chi connectivity index (χ0) is 81.0. The monoisotopic (exact) mass is 1580 g/mol. The normalized spacial score (nSPS) is 11.6. The number of benzene rings is 12. The minimum atomic E-state index is -0.527. The maximum Gasteiger partial charge on any atom is 0.344 e. The highest BCUT2D eigenvalue weighted by Crippen LogP contribution is 2.44. The van der Waals surface area contributed by atoms with Crippen LogP contribution in [0, 0.1) is 0 Å². The van der Waals surface area contributed by atoms with Gasteiger partial charge < -0.3 is 65.5 Å². The molecule has 12 aromatic carbocycles. The molecule has 2 aliphatic heterocycles. The largest absolute Gasteiger partial charge is 0.497 e. The summed E-state index contributed by atoms with van der Waals surface area (Å²) in [6.45, 7) is 0. The third-order valence-corrected chi connectivity index (χ3v) is 21.1. The number of nitrogens with zero attached hydrogens (tertiary/aromatic N) is 6. The summed E-state index contributed by atoms with van der Waals surface area (Å²) in [5, 5.41) is 5.04. The quantitative estimate of drug-likeness (QED) is 0.0849. The van der Waals surface area contributed by atoms with E-state index in [1.807, 2.05) is 72.8 Å². The highest BCUT2D eigenvalue weighted by atomic mass is 16.5. The van der Waals surface area contributed by atoms with Crippen LogP contribution in [0.1, 0.15) is 0 Å². The zero-order valence-electron chi connectivity index (χ0n) is 63.6. The van der Waals surface area contributed by atoms with Crippen LogP contribution < -0.4 is 60.4 Å². The molecule has 2 N–H and O–H groups in total. The van der Waals surface area contributed by atoms with Gasteiger partial charge in [0.15, 0.2) is 23.3 Å². The van der Waals surface area contributed by atoms with E-state index >= 15 is 0 Å². The minimum absolute atomic E-state index is 0.238. The van der Waals surface area contributed by atoms with Crippen molar-refractivity contribution in [3.63, 3.8) is 0 Å². The average molecular weight is 1580 g/mol. The predicted octanol–water partition coefficient (Wildman–Crippen LogP) is 21.2. The molecule has 19 aromatic rings. The van der Waals surface area contributed by atoms with Crippen molar-refractivity contribution >= 4 is 88.0 Å². The molecule has 0 aliphatic carbocycles. The Bertz CT molecular complexity index is 7490. The van der Waals surface area contributed by atoms with E-state index in [0.717, 1.165) is 0 Å². The molecule has 0 amide bonds. The highest BCUT2D eigenvalue weighted by molar-refractivity contribution is 6.07. The summed E-state index contributed by atoms with van der Waals surface area (Å²) in [4.78, 5) is 93.5. The minimum Gasteiger partial charge on any atom is -0.497 e. The van der Waals surface area contributed by atoms with E-state index in [2.05, 4.69) is 9.97 Å². The van der Waals surface area contributed by atoms with Crippen LogP contribution in [0.3, 0.4) is 0 Å². The summed E-state index contributed by atoms with van der Waals surface area (Å²) < 4.78 is 71.7. The van der Waals surface area contributed by atoms with Gasteiger partial charge in [-0.1, -0.05) is 48.5 Å². The van der Waals surface area contributed by atoms with E-state index in [4.69, 9.17) is 85.5 Å². The summed E-state index contributed by atoms with van der Waals surface area (Å²) in [6, 6.07) is 78.8. The molecule has 0 saturated carbocycles. The first kappa shape index (κ1) is 71.1. The fraction of sp³-hybridized carbons (Fsp3) is 0.0417. The van der Waals surface area contributed by atoms with Gasteiger partial charge >= 0.3 is 22.5 Å². The van der Waals surface area contributed by atoms with Crippen LogP contribution >= 0.6 is 0 Å². The van der Waals surface area contributed by atoms with Gasteiger partial charge in [-0.2, -0.15) is 0 Å². The van der Waals surface area contributed by atoms with Crippen molar-refractivity contribution in [1.82, 2.24) is 39.9 Å². The summed E-state index contributed by atoms with van der Waals surface area (Å²) in [5.41, 5.74) is 6.94. The zero-order valence-corrected chi connectivity index (χ0v) is 63.6. The molecule has 0 unspecified atom stereocenters. The molecule has 8 bridgehead atoms.